The second-order valence-electron chi connectivity index (χ2n) is 5.85. The minimum Gasteiger partial charge on any atom is -0.314 e. The summed E-state index contributed by atoms with van der Waals surface area (Å²) in [6.45, 7) is 3.69. The van der Waals surface area contributed by atoms with Gasteiger partial charge < -0.3 is 5.32 Å². The summed E-state index contributed by atoms with van der Waals surface area (Å²) < 4.78 is 0. The van der Waals surface area contributed by atoms with Crippen LogP contribution in [0, 0.1) is 11.8 Å². The molecule has 0 aromatic rings. The van der Waals surface area contributed by atoms with Crippen LogP contribution in [-0.2, 0) is 0 Å². The summed E-state index contributed by atoms with van der Waals surface area (Å²) in [5, 5.41) is 3.67. The van der Waals surface area contributed by atoms with Crippen LogP contribution >= 0.6 is 0 Å². The molecule has 0 radical (unpaired) electrons. The summed E-state index contributed by atoms with van der Waals surface area (Å²) in [6.07, 6.45) is 13.2. The Balaban J connectivity index is 1.60. The molecule has 0 amide bonds. The Morgan fingerprint density at radius 1 is 0.933 bits per heavy atom. The monoisotopic (exact) mass is 209 g/mol. The lowest BCUT2D eigenvalue weighted by Crippen LogP contribution is -2.34. The molecule has 1 saturated carbocycles. The molecule has 88 valence electrons. The molecule has 2 rings (SSSR count). The Bertz CT molecular complexity index is 164. The van der Waals surface area contributed by atoms with Crippen LogP contribution in [-0.4, -0.2) is 12.6 Å². The normalized spacial score (nSPS) is 37.8. The van der Waals surface area contributed by atoms with Gasteiger partial charge in [0.05, 0.1) is 0 Å². The van der Waals surface area contributed by atoms with Gasteiger partial charge in [0.1, 0.15) is 0 Å². The third-order valence-electron chi connectivity index (χ3n) is 4.47. The first-order valence-electron chi connectivity index (χ1n) is 7.08. The van der Waals surface area contributed by atoms with E-state index in [-0.39, 0.29) is 0 Å². The van der Waals surface area contributed by atoms with E-state index in [0.717, 1.165) is 17.9 Å². The predicted molar refractivity (Wildman–Crippen MR) is 66.0 cm³/mol. The maximum absolute atomic E-state index is 3.67. The van der Waals surface area contributed by atoms with Gasteiger partial charge in [-0.25, -0.2) is 0 Å². The first kappa shape index (κ1) is 11.4. The molecule has 1 heterocycles. The second kappa shape index (κ2) is 5.89. The predicted octanol–water partition coefficient (Wildman–Crippen LogP) is 3.74. The Hall–Kier alpha value is -0.0400. The summed E-state index contributed by atoms with van der Waals surface area (Å²) in [4.78, 5) is 0. The van der Waals surface area contributed by atoms with Crippen molar-refractivity contribution in [3.63, 3.8) is 0 Å². The molecule has 1 aliphatic heterocycles. The number of hydrogen-bond acceptors (Lipinski definition) is 1. The lowest BCUT2D eigenvalue weighted by atomic mass is 9.80. The highest BCUT2D eigenvalue weighted by molar-refractivity contribution is 4.76. The van der Waals surface area contributed by atoms with Gasteiger partial charge in [0.25, 0.3) is 0 Å². The number of rotatable bonds is 3. The largest absolute Gasteiger partial charge is 0.314 e. The van der Waals surface area contributed by atoms with E-state index in [0.29, 0.717) is 0 Å². The van der Waals surface area contributed by atoms with Gasteiger partial charge in [-0.1, -0.05) is 39.0 Å². The van der Waals surface area contributed by atoms with Crippen molar-refractivity contribution in [2.75, 3.05) is 6.54 Å². The molecule has 1 unspecified atom stereocenters. The summed E-state index contributed by atoms with van der Waals surface area (Å²) in [6, 6.07) is 0.859. The van der Waals surface area contributed by atoms with Crippen molar-refractivity contribution in [3.05, 3.63) is 0 Å². The fraction of sp³-hybridized carbons (Fsp3) is 1.00. The molecule has 2 fully saturated rings. The van der Waals surface area contributed by atoms with Crippen LogP contribution in [0.25, 0.3) is 0 Å². The maximum Gasteiger partial charge on any atom is 0.00671 e. The van der Waals surface area contributed by atoms with Crippen LogP contribution < -0.4 is 5.32 Å². The SMILES string of the molecule is CC1CCC(CCC2CCCCN2)CC1. The highest BCUT2D eigenvalue weighted by Gasteiger charge is 2.20. The van der Waals surface area contributed by atoms with E-state index in [9.17, 15) is 0 Å². The molecule has 1 nitrogen and oxygen atoms in total. The van der Waals surface area contributed by atoms with Crippen LogP contribution in [0.5, 0.6) is 0 Å². The molecule has 0 aromatic heterocycles. The van der Waals surface area contributed by atoms with E-state index < -0.39 is 0 Å². The minimum absolute atomic E-state index is 0.859. The van der Waals surface area contributed by atoms with E-state index in [4.69, 9.17) is 0 Å². The van der Waals surface area contributed by atoms with Gasteiger partial charge in [-0.2, -0.15) is 0 Å². The molecular weight excluding hydrogens is 182 g/mol. The highest BCUT2D eigenvalue weighted by atomic mass is 14.9. The van der Waals surface area contributed by atoms with Gasteiger partial charge in [-0.15, -0.1) is 0 Å². The van der Waals surface area contributed by atoms with E-state index in [1.807, 2.05) is 0 Å². The first-order valence-corrected chi connectivity index (χ1v) is 7.08. The number of nitrogens with one attached hydrogen (secondary N) is 1. The van der Waals surface area contributed by atoms with Crippen molar-refractivity contribution >= 4 is 0 Å². The highest BCUT2D eigenvalue weighted by Crippen LogP contribution is 2.31. The topological polar surface area (TPSA) is 12.0 Å². The van der Waals surface area contributed by atoms with Crippen molar-refractivity contribution in [2.24, 2.45) is 11.8 Å². The van der Waals surface area contributed by atoms with Gasteiger partial charge in [-0.3, -0.25) is 0 Å². The van der Waals surface area contributed by atoms with Crippen LogP contribution in [0.3, 0.4) is 0 Å². The van der Waals surface area contributed by atoms with E-state index in [2.05, 4.69) is 12.2 Å². The Morgan fingerprint density at radius 3 is 2.40 bits per heavy atom. The summed E-state index contributed by atoms with van der Waals surface area (Å²) in [5.41, 5.74) is 0. The average Bonchev–Trinajstić information content (AvgIpc) is 2.30. The van der Waals surface area contributed by atoms with E-state index in [1.165, 1.54) is 64.3 Å². The molecular formula is C14H27N. The third kappa shape index (κ3) is 3.79. The van der Waals surface area contributed by atoms with Gasteiger partial charge in [-0.05, 0) is 44.1 Å². The molecule has 1 atom stereocenters. The van der Waals surface area contributed by atoms with Crippen molar-refractivity contribution in [2.45, 2.75) is 70.8 Å². The Labute approximate surface area is 95.0 Å². The van der Waals surface area contributed by atoms with Crippen LogP contribution in [0.2, 0.25) is 0 Å². The zero-order valence-corrected chi connectivity index (χ0v) is 10.3. The van der Waals surface area contributed by atoms with Crippen molar-refractivity contribution in [1.29, 1.82) is 0 Å². The summed E-state index contributed by atoms with van der Waals surface area (Å²) in [5.74, 6) is 2.07. The quantitative estimate of drug-likeness (QED) is 0.746. The number of hydrogen-bond donors (Lipinski definition) is 1. The maximum atomic E-state index is 3.67. The van der Waals surface area contributed by atoms with Crippen LogP contribution in [0.1, 0.15) is 64.7 Å². The molecule has 1 saturated heterocycles. The molecule has 1 aliphatic carbocycles. The van der Waals surface area contributed by atoms with Gasteiger partial charge in [0.15, 0.2) is 0 Å². The Morgan fingerprint density at radius 2 is 1.73 bits per heavy atom. The fourth-order valence-electron chi connectivity index (χ4n) is 3.23. The zero-order chi connectivity index (χ0) is 10.5. The van der Waals surface area contributed by atoms with Crippen molar-refractivity contribution in [1.82, 2.24) is 5.32 Å². The molecule has 1 N–H and O–H groups in total. The van der Waals surface area contributed by atoms with Crippen LogP contribution in [0.15, 0.2) is 0 Å². The lowest BCUT2D eigenvalue weighted by Gasteiger charge is -2.29. The average molecular weight is 209 g/mol. The minimum atomic E-state index is 0.859. The summed E-state index contributed by atoms with van der Waals surface area (Å²) in [7, 11) is 0. The molecule has 0 bridgehead atoms. The molecule has 0 spiro atoms. The van der Waals surface area contributed by atoms with Gasteiger partial charge >= 0.3 is 0 Å². The summed E-state index contributed by atoms with van der Waals surface area (Å²) >= 11 is 0. The fourth-order valence-corrected chi connectivity index (χ4v) is 3.23. The van der Waals surface area contributed by atoms with E-state index >= 15 is 0 Å². The Kier molecular flexibility index (Phi) is 4.49. The van der Waals surface area contributed by atoms with E-state index in [1.54, 1.807) is 0 Å². The first-order chi connectivity index (χ1) is 7.34. The van der Waals surface area contributed by atoms with Gasteiger partial charge in [0.2, 0.25) is 0 Å². The van der Waals surface area contributed by atoms with Crippen LogP contribution in [0.4, 0.5) is 0 Å². The molecule has 1 heteroatoms. The second-order valence-corrected chi connectivity index (χ2v) is 5.85. The van der Waals surface area contributed by atoms with Gasteiger partial charge in [0, 0.05) is 6.04 Å². The molecule has 2 aliphatic rings. The van der Waals surface area contributed by atoms with Crippen molar-refractivity contribution < 1.29 is 0 Å². The molecule has 0 aromatic carbocycles. The van der Waals surface area contributed by atoms with Crippen molar-refractivity contribution in [3.8, 4) is 0 Å². The smallest absolute Gasteiger partial charge is 0.00671 e. The number of piperidine rings is 1. The third-order valence-corrected chi connectivity index (χ3v) is 4.47. The zero-order valence-electron chi connectivity index (χ0n) is 10.3. The lowest BCUT2D eigenvalue weighted by molar-refractivity contribution is 0.256. The standard InChI is InChI=1S/C14H27N/c1-12-5-7-13(8-6-12)9-10-14-4-2-3-11-15-14/h12-15H,2-11H2,1H3. The molecule has 15 heavy (non-hydrogen) atoms.